The second kappa shape index (κ2) is 6.96. The van der Waals surface area contributed by atoms with Crippen LogP contribution >= 0.6 is 0 Å². The van der Waals surface area contributed by atoms with Crippen LogP contribution in [0.15, 0.2) is 0 Å². The van der Waals surface area contributed by atoms with Crippen LogP contribution in [0.3, 0.4) is 0 Å². The van der Waals surface area contributed by atoms with Crippen LogP contribution in [0, 0.1) is 0 Å². The maximum Gasteiger partial charge on any atom is 0.195 e. The zero-order valence-corrected chi connectivity index (χ0v) is 15.7. The van der Waals surface area contributed by atoms with Gasteiger partial charge in [0.2, 0.25) is 0 Å². The molecule has 0 spiro atoms. The van der Waals surface area contributed by atoms with Gasteiger partial charge in [0, 0.05) is 12.8 Å². The van der Waals surface area contributed by atoms with Crippen LogP contribution in [0.4, 0.5) is 0 Å². The van der Waals surface area contributed by atoms with E-state index >= 15 is 0 Å². The van der Waals surface area contributed by atoms with Gasteiger partial charge in [0.15, 0.2) is 11.6 Å². The van der Waals surface area contributed by atoms with Gasteiger partial charge in [-0.2, -0.15) is 0 Å². The van der Waals surface area contributed by atoms with Crippen molar-refractivity contribution in [2.24, 2.45) is 0 Å². The van der Waals surface area contributed by atoms with E-state index in [1.165, 1.54) is 0 Å². The van der Waals surface area contributed by atoms with Crippen LogP contribution in [0.1, 0.15) is 67.2 Å². The van der Waals surface area contributed by atoms with E-state index in [-0.39, 0.29) is 11.2 Å². The molecule has 0 aromatic carbocycles. The monoisotopic (exact) mass is 330 g/mol. The minimum absolute atomic E-state index is 0.228. The predicted octanol–water partition coefficient (Wildman–Crippen LogP) is 3.65. The molecule has 0 aliphatic carbocycles. The summed E-state index contributed by atoms with van der Waals surface area (Å²) in [6.45, 7) is 14.5. The summed E-state index contributed by atoms with van der Waals surface area (Å²) in [6, 6.07) is 0. The molecule has 2 atom stereocenters. The van der Waals surface area contributed by atoms with E-state index in [1.807, 2.05) is 41.5 Å². The fourth-order valence-corrected chi connectivity index (χ4v) is 2.78. The first-order valence-electron chi connectivity index (χ1n) is 8.79. The number of hydrogen-bond acceptors (Lipinski definition) is 5. The Morgan fingerprint density at radius 3 is 1.39 bits per heavy atom. The summed E-state index contributed by atoms with van der Waals surface area (Å²) in [7, 11) is 0. The first-order chi connectivity index (χ1) is 10.5. The zero-order chi connectivity index (χ0) is 17.2. The fraction of sp³-hybridized carbons (Fsp3) is 1.00. The molecule has 2 aliphatic heterocycles. The van der Waals surface area contributed by atoms with Gasteiger partial charge in [0.1, 0.15) is 13.2 Å². The average Bonchev–Trinajstić information content (AvgIpc) is 3.04. The molecule has 2 rings (SSSR count). The Morgan fingerprint density at radius 2 is 1.13 bits per heavy atom. The average molecular weight is 330 g/mol. The summed E-state index contributed by atoms with van der Waals surface area (Å²) in [5.74, 6) is -1.45. The Hall–Kier alpha value is -0.200. The number of ether oxygens (including phenoxy) is 5. The van der Waals surface area contributed by atoms with Gasteiger partial charge in [0.25, 0.3) is 0 Å². The van der Waals surface area contributed by atoms with E-state index < -0.39 is 11.6 Å². The Kier molecular flexibility index (Phi) is 5.79. The first-order valence-corrected chi connectivity index (χ1v) is 8.79. The molecule has 2 saturated heterocycles. The second-order valence-corrected chi connectivity index (χ2v) is 8.63. The summed E-state index contributed by atoms with van der Waals surface area (Å²) < 4.78 is 30.3. The minimum atomic E-state index is -0.723. The van der Waals surface area contributed by atoms with Crippen LogP contribution in [-0.4, -0.2) is 49.2 Å². The maximum atomic E-state index is 6.44. The Labute approximate surface area is 140 Å². The van der Waals surface area contributed by atoms with Gasteiger partial charge < -0.3 is 23.7 Å². The van der Waals surface area contributed by atoms with Gasteiger partial charge in [-0.25, -0.2) is 0 Å². The van der Waals surface area contributed by atoms with Crippen molar-refractivity contribution >= 4 is 0 Å². The molecule has 2 aliphatic rings. The van der Waals surface area contributed by atoms with Gasteiger partial charge in [-0.1, -0.05) is 0 Å². The van der Waals surface area contributed by atoms with E-state index in [0.29, 0.717) is 26.4 Å². The van der Waals surface area contributed by atoms with Gasteiger partial charge >= 0.3 is 0 Å². The third kappa shape index (κ3) is 5.98. The van der Waals surface area contributed by atoms with Gasteiger partial charge in [0.05, 0.1) is 24.4 Å². The van der Waals surface area contributed by atoms with Crippen molar-refractivity contribution in [3.05, 3.63) is 0 Å². The molecule has 0 saturated carbocycles. The summed E-state index contributed by atoms with van der Waals surface area (Å²) >= 11 is 0. The van der Waals surface area contributed by atoms with E-state index in [0.717, 1.165) is 25.7 Å². The topological polar surface area (TPSA) is 46.2 Å². The summed E-state index contributed by atoms with van der Waals surface area (Å²) in [5, 5.41) is 0. The second-order valence-electron chi connectivity index (χ2n) is 8.63. The van der Waals surface area contributed by atoms with Crippen molar-refractivity contribution in [2.45, 2.75) is 90.0 Å². The van der Waals surface area contributed by atoms with E-state index in [4.69, 9.17) is 23.7 Å². The van der Waals surface area contributed by atoms with E-state index in [2.05, 4.69) is 0 Å². The van der Waals surface area contributed by atoms with Crippen molar-refractivity contribution < 1.29 is 23.7 Å². The SMILES string of the molecule is CC(C)(C)OCC1(OC2(COC(C)(C)C)CCCO2)CCCO1. The van der Waals surface area contributed by atoms with Gasteiger partial charge in [-0.15, -0.1) is 0 Å². The van der Waals surface area contributed by atoms with Crippen molar-refractivity contribution in [2.75, 3.05) is 26.4 Å². The molecule has 0 radical (unpaired) electrons. The largest absolute Gasteiger partial charge is 0.370 e. The van der Waals surface area contributed by atoms with Crippen LogP contribution in [0.25, 0.3) is 0 Å². The molecule has 2 unspecified atom stereocenters. The van der Waals surface area contributed by atoms with Crippen molar-refractivity contribution in [1.82, 2.24) is 0 Å². The highest BCUT2D eigenvalue weighted by atomic mass is 16.8. The smallest absolute Gasteiger partial charge is 0.195 e. The lowest BCUT2D eigenvalue weighted by molar-refractivity contribution is -0.364. The lowest BCUT2D eigenvalue weighted by Gasteiger charge is -2.40. The summed E-state index contributed by atoms with van der Waals surface area (Å²) in [4.78, 5) is 0. The third-order valence-electron chi connectivity index (χ3n) is 3.96. The molecule has 5 nitrogen and oxygen atoms in total. The van der Waals surface area contributed by atoms with Crippen LogP contribution in [-0.2, 0) is 23.7 Å². The number of rotatable bonds is 6. The van der Waals surface area contributed by atoms with E-state index in [9.17, 15) is 0 Å². The fourth-order valence-electron chi connectivity index (χ4n) is 2.78. The molecular formula is C18H34O5. The van der Waals surface area contributed by atoms with Gasteiger partial charge in [-0.3, -0.25) is 0 Å². The quantitative estimate of drug-likeness (QED) is 0.744. The molecule has 23 heavy (non-hydrogen) atoms. The Balaban J connectivity index is 2.05. The Morgan fingerprint density at radius 1 is 0.739 bits per heavy atom. The van der Waals surface area contributed by atoms with Crippen LogP contribution in [0.2, 0.25) is 0 Å². The first kappa shape index (κ1) is 19.1. The summed E-state index contributed by atoms with van der Waals surface area (Å²) in [5.41, 5.74) is -0.457. The molecule has 136 valence electrons. The standard InChI is InChI=1S/C18H34O5/c1-15(2,3)21-13-17(9-7-11-19-17)23-18(10-8-12-20-18)14-22-16(4,5)6/h7-14H2,1-6H3. The molecule has 0 N–H and O–H groups in total. The zero-order valence-electron chi connectivity index (χ0n) is 15.7. The molecule has 0 bridgehead atoms. The minimum Gasteiger partial charge on any atom is -0.370 e. The van der Waals surface area contributed by atoms with Crippen LogP contribution in [0.5, 0.6) is 0 Å². The van der Waals surface area contributed by atoms with Crippen molar-refractivity contribution in [3.8, 4) is 0 Å². The van der Waals surface area contributed by atoms with Crippen molar-refractivity contribution in [3.63, 3.8) is 0 Å². The predicted molar refractivity (Wildman–Crippen MR) is 88.3 cm³/mol. The molecule has 5 heteroatoms. The lowest BCUT2D eigenvalue weighted by Crippen LogP contribution is -2.51. The molecule has 2 fully saturated rings. The summed E-state index contributed by atoms with van der Waals surface area (Å²) in [6.07, 6.45) is 3.60. The molecular weight excluding hydrogens is 296 g/mol. The van der Waals surface area contributed by atoms with Gasteiger partial charge in [-0.05, 0) is 54.4 Å². The van der Waals surface area contributed by atoms with E-state index in [1.54, 1.807) is 0 Å². The normalized spacial score (nSPS) is 32.6. The highest BCUT2D eigenvalue weighted by molar-refractivity contribution is 4.85. The molecule has 2 heterocycles. The third-order valence-corrected chi connectivity index (χ3v) is 3.96. The van der Waals surface area contributed by atoms with Crippen LogP contribution < -0.4 is 0 Å². The highest BCUT2D eigenvalue weighted by Gasteiger charge is 2.49. The molecule has 0 aromatic rings. The molecule has 0 aromatic heterocycles. The highest BCUT2D eigenvalue weighted by Crippen LogP contribution is 2.38. The molecule has 0 amide bonds. The number of hydrogen-bond donors (Lipinski definition) is 0. The lowest BCUT2D eigenvalue weighted by atomic mass is 10.1. The Bertz CT molecular complexity index is 332. The van der Waals surface area contributed by atoms with Crippen molar-refractivity contribution in [1.29, 1.82) is 0 Å². The maximum absolute atomic E-state index is 6.44.